The highest BCUT2D eigenvalue weighted by atomic mass is 16.7. The molecule has 2 N–H and O–H groups in total. The fraction of sp³-hybridized carbons (Fsp3) is 0.905. The molecule has 3 heterocycles. The van der Waals surface area contributed by atoms with E-state index in [2.05, 4.69) is 0 Å². The van der Waals surface area contributed by atoms with Crippen molar-refractivity contribution in [2.45, 2.75) is 193 Å². The van der Waals surface area contributed by atoms with Gasteiger partial charge in [-0.2, -0.15) is 0 Å². The van der Waals surface area contributed by atoms with Crippen LogP contribution in [-0.2, 0) is 61.8 Å². The van der Waals surface area contributed by atoms with Gasteiger partial charge in [-0.1, -0.05) is 27.7 Å². The van der Waals surface area contributed by atoms with Crippen LogP contribution in [0.5, 0.6) is 0 Å². The molecule has 0 radical (unpaired) electrons. The van der Waals surface area contributed by atoms with Crippen LogP contribution in [0.4, 0.5) is 0 Å². The molecule has 0 aromatic rings. The van der Waals surface area contributed by atoms with E-state index in [-0.39, 0.29) is 37.2 Å². The topological polar surface area (TPSA) is 195 Å². The van der Waals surface area contributed by atoms with Gasteiger partial charge in [0.15, 0.2) is 24.8 Å². The third-order valence-corrected chi connectivity index (χ3v) is 12.8. The minimum absolute atomic E-state index is 0.0691. The first-order chi connectivity index (χ1) is 26.8. The molecule has 0 spiro atoms. The van der Waals surface area contributed by atoms with Crippen LogP contribution >= 0.6 is 0 Å². The Hall–Kier alpha value is -2.28. The van der Waals surface area contributed by atoms with Crippen molar-refractivity contribution >= 4 is 23.7 Å². The van der Waals surface area contributed by atoms with Crippen LogP contribution in [0.25, 0.3) is 0 Å². The Morgan fingerprint density at radius 2 is 1.40 bits per heavy atom. The first-order valence-electron chi connectivity index (χ1n) is 20.7. The van der Waals surface area contributed by atoms with E-state index in [9.17, 15) is 29.4 Å². The second kappa shape index (κ2) is 20.1. The largest absolute Gasteiger partial charge is 0.459 e. The summed E-state index contributed by atoms with van der Waals surface area (Å²) >= 11 is 0. The summed E-state index contributed by atoms with van der Waals surface area (Å²) in [6.45, 7) is 19.6. The van der Waals surface area contributed by atoms with E-state index in [0.717, 1.165) is 0 Å². The molecule has 0 aliphatic carbocycles. The molecule has 3 fully saturated rings. The molecule has 2 unspecified atom stereocenters. The number of aliphatic hydroxyl groups excluding tert-OH is 1. The maximum Gasteiger partial charge on any atom is 0.311 e. The molecule has 3 saturated heterocycles. The van der Waals surface area contributed by atoms with Gasteiger partial charge < -0.3 is 57.7 Å². The quantitative estimate of drug-likeness (QED) is 0.239. The van der Waals surface area contributed by atoms with Crippen molar-refractivity contribution in [3.63, 3.8) is 0 Å². The highest BCUT2D eigenvalue weighted by Gasteiger charge is 2.55. The molecule has 0 bridgehead atoms. The van der Waals surface area contributed by atoms with Gasteiger partial charge >= 0.3 is 17.9 Å². The number of hydrogen-bond acceptors (Lipinski definition) is 16. The first kappa shape index (κ1) is 50.1. The average molecular weight is 832 g/mol. The summed E-state index contributed by atoms with van der Waals surface area (Å²) in [6.07, 6.45) is -8.86. The molecule has 0 saturated carbocycles. The van der Waals surface area contributed by atoms with E-state index in [0.29, 0.717) is 6.42 Å². The number of methoxy groups -OCH3 is 2. The van der Waals surface area contributed by atoms with Crippen molar-refractivity contribution in [1.29, 1.82) is 0 Å². The molecular weight excluding hydrogens is 758 g/mol. The summed E-state index contributed by atoms with van der Waals surface area (Å²) in [4.78, 5) is 55.1. The Bertz CT molecular complexity index is 1410. The van der Waals surface area contributed by atoms with Crippen LogP contribution in [0.1, 0.15) is 109 Å². The third kappa shape index (κ3) is 11.1. The first-order valence-corrected chi connectivity index (χ1v) is 20.7. The second-order valence-corrected chi connectivity index (χ2v) is 17.8. The zero-order chi connectivity index (χ0) is 44.2. The van der Waals surface area contributed by atoms with Gasteiger partial charge in [-0.15, -0.1) is 0 Å². The lowest BCUT2D eigenvalue weighted by atomic mass is 9.74. The van der Waals surface area contributed by atoms with Gasteiger partial charge in [0, 0.05) is 52.2 Å². The fourth-order valence-corrected chi connectivity index (χ4v) is 9.27. The van der Waals surface area contributed by atoms with Crippen molar-refractivity contribution in [3.8, 4) is 0 Å². The monoisotopic (exact) mass is 831 g/mol. The Labute approximate surface area is 345 Å². The predicted octanol–water partition coefficient (Wildman–Crippen LogP) is 3.58. The van der Waals surface area contributed by atoms with Gasteiger partial charge in [0.2, 0.25) is 0 Å². The van der Waals surface area contributed by atoms with E-state index >= 15 is 0 Å². The number of carbonyl (C=O) groups excluding carboxylic acids is 4. The second-order valence-electron chi connectivity index (χ2n) is 17.8. The number of nitrogens with zero attached hydrogens (tertiary/aromatic N) is 1. The van der Waals surface area contributed by atoms with Crippen LogP contribution in [0.15, 0.2) is 0 Å². The number of ketones is 1. The zero-order valence-electron chi connectivity index (χ0n) is 37.6. The Morgan fingerprint density at radius 1 is 0.828 bits per heavy atom. The van der Waals surface area contributed by atoms with Crippen LogP contribution in [0.2, 0.25) is 0 Å². The number of esters is 3. The van der Waals surface area contributed by atoms with E-state index in [1.54, 1.807) is 48.5 Å². The number of rotatable bonds is 10. The number of carbonyl (C=O) groups is 4. The number of ether oxygens (including phenoxy) is 9. The molecule has 336 valence electrons. The van der Waals surface area contributed by atoms with E-state index in [1.807, 2.05) is 32.8 Å². The number of likely N-dealkylation sites (N-methyl/N-ethyl adjacent to an activating group) is 1. The van der Waals surface area contributed by atoms with E-state index in [4.69, 9.17) is 42.6 Å². The summed E-state index contributed by atoms with van der Waals surface area (Å²) in [5.41, 5.74) is -4.37. The number of hydrogen-bond donors (Lipinski definition) is 2. The lowest BCUT2D eigenvalue weighted by Gasteiger charge is -2.50. The molecule has 0 aromatic carbocycles. The highest BCUT2D eigenvalue weighted by Crippen LogP contribution is 2.42. The Morgan fingerprint density at radius 3 is 1.91 bits per heavy atom. The van der Waals surface area contributed by atoms with Crippen molar-refractivity contribution in [2.75, 3.05) is 28.3 Å². The number of aliphatic hydroxyl groups is 2. The molecule has 3 rings (SSSR count). The van der Waals surface area contributed by atoms with Crippen molar-refractivity contribution in [2.24, 2.45) is 23.7 Å². The van der Waals surface area contributed by atoms with Crippen molar-refractivity contribution < 1.29 is 72.0 Å². The molecule has 16 nitrogen and oxygen atoms in total. The molecule has 16 heteroatoms. The smallest absolute Gasteiger partial charge is 0.311 e. The Kier molecular flexibility index (Phi) is 17.3. The standard InChI is InChI=1S/C42H73NO15/c1-17-30-42(12,49)35(47)23(4)32(46)21(2)19-40(10,50-15)36(58-39-34(54-27(8)44)29(43(13)14)18-22(3)52-39)24(5)33(25(6)38(48)56-30)57-31-20-41(11,51-16)37(26(7)53-31)55-28(9)45/h21-26,29-31,33-37,39,47,49H,17-20H2,1-16H3/t21-,22-,23+,24+,25-,26+,29+,30-,31?,33+,34-,35-,36-,37+,39+,40-,41?,42-/m1/s1. The molecule has 0 aromatic heterocycles. The maximum atomic E-state index is 14.4. The summed E-state index contributed by atoms with van der Waals surface area (Å²) in [5.74, 6) is -5.76. The molecule has 58 heavy (non-hydrogen) atoms. The number of cyclic esters (lactones) is 1. The van der Waals surface area contributed by atoms with Crippen LogP contribution in [-0.4, -0.2) is 151 Å². The minimum atomic E-state index is -2.00. The predicted molar refractivity (Wildman–Crippen MR) is 210 cm³/mol. The summed E-state index contributed by atoms with van der Waals surface area (Å²) in [6, 6.07) is -0.295. The van der Waals surface area contributed by atoms with Gasteiger partial charge in [-0.25, -0.2) is 0 Å². The number of Topliss-reactive ketones (excluding diaryl/α,β-unsaturated/α-hetero) is 1. The van der Waals surface area contributed by atoms with Crippen LogP contribution < -0.4 is 0 Å². The van der Waals surface area contributed by atoms with Crippen molar-refractivity contribution in [1.82, 2.24) is 4.90 Å². The summed E-state index contributed by atoms with van der Waals surface area (Å²) in [7, 11) is 6.76. The fourth-order valence-electron chi connectivity index (χ4n) is 9.27. The van der Waals surface area contributed by atoms with E-state index < -0.39 is 114 Å². The van der Waals surface area contributed by atoms with Gasteiger partial charge in [0.05, 0.1) is 48.1 Å². The lowest BCUT2D eigenvalue weighted by molar-refractivity contribution is -0.320. The van der Waals surface area contributed by atoms with Crippen LogP contribution in [0.3, 0.4) is 0 Å². The van der Waals surface area contributed by atoms with Crippen molar-refractivity contribution in [3.05, 3.63) is 0 Å². The summed E-state index contributed by atoms with van der Waals surface area (Å²) < 4.78 is 56.4. The van der Waals surface area contributed by atoms with Gasteiger partial charge in [-0.05, 0) is 74.9 Å². The molecule has 0 amide bonds. The Balaban J connectivity index is 2.28. The highest BCUT2D eigenvalue weighted by molar-refractivity contribution is 5.83. The molecular formula is C42H73NO15. The van der Waals surface area contributed by atoms with Gasteiger partial charge in [-0.3, -0.25) is 19.2 Å². The molecule has 3 aliphatic heterocycles. The normalized spacial score (nSPS) is 44.9. The minimum Gasteiger partial charge on any atom is -0.459 e. The van der Waals surface area contributed by atoms with Gasteiger partial charge in [0.1, 0.15) is 23.1 Å². The lowest BCUT2D eigenvalue weighted by Crippen LogP contribution is -2.62. The molecule has 3 aliphatic rings. The average Bonchev–Trinajstić information content (AvgIpc) is 3.14. The molecule has 18 atom stereocenters. The third-order valence-electron chi connectivity index (χ3n) is 12.8. The van der Waals surface area contributed by atoms with Crippen LogP contribution in [0, 0.1) is 23.7 Å². The SMILES string of the molecule is CC[C@H]1OC(=O)[C@H](C)[C@@H](OC2CC(C)(OC)[C@@H](OC(C)=O)[C@H](C)O2)[C@H](C)[C@@H](O[C@@H]2O[C@H](C)C[C@H](N(C)C)[C@H]2OC(C)=O)[C@](C)(OC)C[C@@H](C)C(=O)[C@H](C)[C@@H](O)[C@]1(C)O. The van der Waals surface area contributed by atoms with E-state index in [1.165, 1.54) is 35.0 Å². The van der Waals surface area contributed by atoms with Gasteiger partial charge in [0.25, 0.3) is 0 Å². The zero-order valence-corrected chi connectivity index (χ0v) is 37.6. The maximum absolute atomic E-state index is 14.4. The summed E-state index contributed by atoms with van der Waals surface area (Å²) in [5, 5.41) is 23.3.